The highest BCUT2D eigenvalue weighted by molar-refractivity contribution is 5.73. The number of nitrogens with two attached hydrogens (primary N) is 1. The summed E-state index contributed by atoms with van der Waals surface area (Å²) in [6, 6.07) is 7.85. The molecule has 1 heterocycles. The minimum absolute atomic E-state index is 0.145. The van der Waals surface area contributed by atoms with Crippen molar-refractivity contribution < 1.29 is 15.0 Å². The lowest BCUT2D eigenvalue weighted by Gasteiger charge is -2.12. The van der Waals surface area contributed by atoms with Crippen molar-refractivity contribution in [3.8, 4) is 11.4 Å². The molecule has 0 saturated heterocycles. The molecule has 0 radical (unpaired) electrons. The van der Waals surface area contributed by atoms with Gasteiger partial charge in [0, 0.05) is 11.9 Å². The van der Waals surface area contributed by atoms with Crippen LogP contribution < -0.4 is 5.73 Å². The van der Waals surface area contributed by atoms with Crippen molar-refractivity contribution in [3.05, 3.63) is 47.8 Å². The molecule has 0 fully saturated rings. The molecule has 100 valence electrons. The molecule has 1 aromatic heterocycles. The van der Waals surface area contributed by atoms with E-state index in [1.165, 1.54) is 0 Å². The molecular formula is C14H16N2O3. The van der Waals surface area contributed by atoms with Gasteiger partial charge in [-0.15, -0.1) is 0 Å². The van der Waals surface area contributed by atoms with Crippen LogP contribution in [0.3, 0.4) is 0 Å². The van der Waals surface area contributed by atoms with Gasteiger partial charge in [-0.2, -0.15) is 0 Å². The number of phenols is 1. The van der Waals surface area contributed by atoms with Crippen LogP contribution in [0.2, 0.25) is 0 Å². The maximum Gasteiger partial charge on any atom is 0.320 e. The fourth-order valence-electron chi connectivity index (χ4n) is 1.97. The van der Waals surface area contributed by atoms with Gasteiger partial charge in [0.2, 0.25) is 0 Å². The first kappa shape index (κ1) is 13.2. The number of hydrogen-bond donors (Lipinski definition) is 3. The highest BCUT2D eigenvalue weighted by Crippen LogP contribution is 2.25. The number of nitrogens with zero attached hydrogens (tertiary/aromatic N) is 1. The number of aryl methyl sites for hydroxylation is 1. The Bertz CT molecular complexity index is 604. The van der Waals surface area contributed by atoms with Gasteiger partial charge in [-0.25, -0.2) is 0 Å². The maximum atomic E-state index is 10.8. The van der Waals surface area contributed by atoms with Crippen molar-refractivity contribution in [1.82, 2.24) is 4.57 Å². The van der Waals surface area contributed by atoms with Gasteiger partial charge < -0.3 is 20.5 Å². The van der Waals surface area contributed by atoms with Crippen molar-refractivity contribution in [3.63, 3.8) is 0 Å². The second-order valence-corrected chi connectivity index (χ2v) is 4.49. The fourth-order valence-corrected chi connectivity index (χ4v) is 1.97. The van der Waals surface area contributed by atoms with Crippen molar-refractivity contribution in [2.24, 2.45) is 5.73 Å². The Hall–Kier alpha value is -2.27. The van der Waals surface area contributed by atoms with Crippen molar-refractivity contribution in [1.29, 1.82) is 0 Å². The predicted molar refractivity (Wildman–Crippen MR) is 71.5 cm³/mol. The highest BCUT2D eigenvalue weighted by Gasteiger charge is 2.14. The topological polar surface area (TPSA) is 88.5 Å². The number of aromatic hydroxyl groups is 1. The number of aromatic nitrogens is 1. The van der Waals surface area contributed by atoms with Gasteiger partial charge in [0.05, 0.1) is 5.69 Å². The number of benzene rings is 1. The number of carbonyl (C=O) groups is 1. The molecule has 1 atom stereocenters. The molecule has 2 rings (SSSR count). The standard InChI is InChI=1S/C14H16N2O3/c1-9-3-2-6-16(9)12-8-10(4-5-13(12)17)7-11(15)14(18)19/h2-6,8,11,17H,7,15H2,1H3,(H,18,19)/t11-/m0/s1. The van der Waals surface area contributed by atoms with Crippen LogP contribution in [0.25, 0.3) is 5.69 Å². The van der Waals surface area contributed by atoms with Crippen LogP contribution in [0, 0.1) is 6.92 Å². The lowest BCUT2D eigenvalue weighted by Crippen LogP contribution is -2.32. The van der Waals surface area contributed by atoms with Crippen LogP contribution in [-0.2, 0) is 11.2 Å². The Balaban J connectivity index is 2.35. The first-order valence-corrected chi connectivity index (χ1v) is 5.93. The van der Waals surface area contributed by atoms with E-state index in [9.17, 15) is 9.90 Å². The highest BCUT2D eigenvalue weighted by atomic mass is 16.4. The third-order valence-corrected chi connectivity index (χ3v) is 3.02. The molecular weight excluding hydrogens is 244 g/mol. The van der Waals surface area contributed by atoms with E-state index in [-0.39, 0.29) is 12.2 Å². The van der Waals surface area contributed by atoms with Crippen molar-refractivity contribution >= 4 is 5.97 Å². The Morgan fingerprint density at radius 2 is 2.16 bits per heavy atom. The number of rotatable bonds is 4. The number of aliphatic carboxylic acids is 1. The Morgan fingerprint density at radius 3 is 2.74 bits per heavy atom. The van der Waals surface area contributed by atoms with Gasteiger partial charge in [-0.05, 0) is 43.2 Å². The summed E-state index contributed by atoms with van der Waals surface area (Å²) in [6.07, 6.45) is 2.06. The Kier molecular flexibility index (Phi) is 3.57. The van der Waals surface area contributed by atoms with Crippen LogP contribution in [-0.4, -0.2) is 26.8 Å². The minimum atomic E-state index is -1.04. The SMILES string of the molecule is Cc1cccn1-c1cc(C[C@H](N)C(=O)O)ccc1O. The third kappa shape index (κ3) is 2.77. The normalized spacial score (nSPS) is 12.3. The van der Waals surface area contributed by atoms with E-state index in [0.717, 1.165) is 11.3 Å². The van der Waals surface area contributed by atoms with Gasteiger partial charge in [0.1, 0.15) is 11.8 Å². The summed E-state index contributed by atoms with van der Waals surface area (Å²) in [6.45, 7) is 1.93. The molecule has 0 bridgehead atoms. The van der Waals surface area contributed by atoms with Crippen molar-refractivity contribution in [2.45, 2.75) is 19.4 Å². The molecule has 0 spiro atoms. The largest absolute Gasteiger partial charge is 0.506 e. The van der Waals surface area contributed by atoms with Crippen molar-refractivity contribution in [2.75, 3.05) is 0 Å². The van der Waals surface area contributed by atoms with Crippen LogP contribution in [0.1, 0.15) is 11.3 Å². The summed E-state index contributed by atoms with van der Waals surface area (Å²) in [5, 5.41) is 18.7. The van der Waals surface area contributed by atoms with Gasteiger partial charge in [-0.3, -0.25) is 4.79 Å². The molecule has 2 aromatic rings. The van der Waals surface area contributed by atoms with Gasteiger partial charge in [0.15, 0.2) is 0 Å². The van der Waals surface area contributed by atoms with Gasteiger partial charge in [0.25, 0.3) is 0 Å². The van der Waals surface area contributed by atoms with Crippen LogP contribution >= 0.6 is 0 Å². The van der Waals surface area contributed by atoms with E-state index < -0.39 is 12.0 Å². The maximum absolute atomic E-state index is 10.8. The second-order valence-electron chi connectivity index (χ2n) is 4.49. The summed E-state index contributed by atoms with van der Waals surface area (Å²) >= 11 is 0. The Labute approximate surface area is 110 Å². The van der Waals surface area contributed by atoms with E-state index in [1.54, 1.807) is 18.2 Å². The smallest absolute Gasteiger partial charge is 0.320 e. The fraction of sp³-hybridized carbons (Fsp3) is 0.214. The molecule has 0 aliphatic carbocycles. The van der Waals surface area contributed by atoms with Crippen LogP contribution in [0.15, 0.2) is 36.5 Å². The molecule has 1 aromatic carbocycles. The van der Waals surface area contributed by atoms with E-state index in [4.69, 9.17) is 10.8 Å². The van der Waals surface area contributed by atoms with E-state index in [0.29, 0.717) is 5.69 Å². The van der Waals surface area contributed by atoms with E-state index in [1.807, 2.05) is 29.8 Å². The summed E-state index contributed by atoms with van der Waals surface area (Å²) in [5.74, 6) is -0.890. The molecule has 0 amide bonds. The van der Waals surface area contributed by atoms with Gasteiger partial charge >= 0.3 is 5.97 Å². The molecule has 0 aliphatic heterocycles. The summed E-state index contributed by atoms with van der Waals surface area (Å²) in [5.41, 5.74) is 7.89. The third-order valence-electron chi connectivity index (χ3n) is 3.02. The molecule has 19 heavy (non-hydrogen) atoms. The zero-order chi connectivity index (χ0) is 14.0. The summed E-state index contributed by atoms with van der Waals surface area (Å²) in [7, 11) is 0. The molecule has 5 heteroatoms. The second kappa shape index (κ2) is 5.16. The number of phenolic OH excluding ortho intramolecular Hbond substituents is 1. The van der Waals surface area contributed by atoms with E-state index >= 15 is 0 Å². The first-order valence-electron chi connectivity index (χ1n) is 5.93. The first-order chi connectivity index (χ1) is 8.99. The minimum Gasteiger partial charge on any atom is -0.506 e. The van der Waals surface area contributed by atoms with E-state index in [2.05, 4.69) is 0 Å². The molecule has 0 saturated carbocycles. The lowest BCUT2D eigenvalue weighted by molar-refractivity contribution is -0.138. The zero-order valence-corrected chi connectivity index (χ0v) is 10.6. The quantitative estimate of drug-likeness (QED) is 0.776. The predicted octanol–water partition coefficient (Wildman–Crippen LogP) is 1.45. The zero-order valence-electron chi connectivity index (χ0n) is 10.6. The van der Waals surface area contributed by atoms with Gasteiger partial charge in [-0.1, -0.05) is 6.07 Å². The summed E-state index contributed by atoms with van der Waals surface area (Å²) in [4.78, 5) is 10.8. The average Bonchev–Trinajstić information content (AvgIpc) is 2.77. The molecule has 0 aliphatic rings. The number of hydrogen-bond acceptors (Lipinski definition) is 3. The van der Waals surface area contributed by atoms with Crippen LogP contribution in [0.4, 0.5) is 0 Å². The average molecular weight is 260 g/mol. The lowest BCUT2D eigenvalue weighted by atomic mass is 10.1. The molecule has 0 unspecified atom stereocenters. The number of carboxylic acid groups (broad SMARTS) is 1. The monoisotopic (exact) mass is 260 g/mol. The number of carboxylic acids is 1. The molecule has 4 N–H and O–H groups in total. The Morgan fingerprint density at radius 1 is 1.42 bits per heavy atom. The summed E-state index contributed by atoms with van der Waals surface area (Å²) < 4.78 is 1.84. The molecule has 5 nitrogen and oxygen atoms in total. The van der Waals surface area contributed by atoms with Crippen LogP contribution in [0.5, 0.6) is 5.75 Å².